The Bertz CT molecular complexity index is 2230. The maximum Gasteiger partial charge on any atom is 0.255 e. The van der Waals surface area contributed by atoms with Gasteiger partial charge < -0.3 is 29.9 Å². The molecule has 9 rings (SSSR count). The summed E-state index contributed by atoms with van der Waals surface area (Å²) in [5.41, 5.74) is 5.62. The van der Waals surface area contributed by atoms with Crippen LogP contribution in [-0.2, 0) is 22.7 Å². The molecule has 3 N–H and O–H groups in total. The number of rotatable bonds is 7. The van der Waals surface area contributed by atoms with Gasteiger partial charge in [-0.1, -0.05) is 18.2 Å². The van der Waals surface area contributed by atoms with E-state index in [1.54, 1.807) is 11.0 Å². The minimum absolute atomic E-state index is 0.0575. The zero-order chi connectivity index (χ0) is 38.0. The maximum absolute atomic E-state index is 14.1. The fraction of sp³-hybridized carbons (Fsp3) is 0.375. The van der Waals surface area contributed by atoms with E-state index in [1.165, 1.54) is 5.56 Å². The summed E-state index contributed by atoms with van der Waals surface area (Å²) >= 11 is 0. The van der Waals surface area contributed by atoms with E-state index in [9.17, 15) is 28.3 Å². The molecule has 1 unspecified atom stereocenters. The van der Waals surface area contributed by atoms with E-state index in [2.05, 4.69) is 60.7 Å². The van der Waals surface area contributed by atoms with Crippen molar-refractivity contribution in [2.75, 3.05) is 54.4 Å². The summed E-state index contributed by atoms with van der Waals surface area (Å²) in [4.78, 5) is 45.9. The number of imide groups is 1. The summed E-state index contributed by atoms with van der Waals surface area (Å²) in [7, 11) is 0. The number of anilines is 3. The highest BCUT2D eigenvalue weighted by molar-refractivity contribution is 6.05. The molecule has 4 aromatic rings. The van der Waals surface area contributed by atoms with Gasteiger partial charge in [-0.2, -0.15) is 0 Å². The second kappa shape index (κ2) is 13.8. The van der Waals surface area contributed by atoms with Crippen molar-refractivity contribution in [1.82, 2.24) is 25.3 Å². The molecule has 0 bridgehead atoms. The molecule has 284 valence electrons. The van der Waals surface area contributed by atoms with Gasteiger partial charge in [0, 0.05) is 81.5 Å². The van der Waals surface area contributed by atoms with Gasteiger partial charge in [-0.15, -0.1) is 10.2 Å². The number of aromatic hydroxyl groups is 1. The van der Waals surface area contributed by atoms with Crippen LogP contribution >= 0.6 is 0 Å². The number of piperazine rings is 1. The standard InChI is InChI=1S/C40H40F2N8O5/c1-22-12-23(19-47-8-10-48(11-9-47)26-4-3-24-20-50(40(54)29(24)16-26)33-5-7-36(51)44-39(33)53)2-6-35(22)55-28-15-27-18-43-38-34(49(27)21-28)17-32(45-46-38)30-13-25(41)14-31(42)37(30)52/h2-4,6,12-14,16-17,27-28,33,52H,5,7-11,15,18-21H2,1H3,(H,43,46)(H,44,51,53)/t27-,28-,33?/m1/s1. The quantitative estimate of drug-likeness (QED) is 0.236. The summed E-state index contributed by atoms with van der Waals surface area (Å²) in [5.74, 6) is -2.01. The third kappa shape index (κ3) is 6.55. The summed E-state index contributed by atoms with van der Waals surface area (Å²) in [6.45, 7) is 7.82. The molecule has 6 heterocycles. The van der Waals surface area contributed by atoms with Gasteiger partial charge in [0.1, 0.15) is 23.7 Å². The predicted octanol–water partition coefficient (Wildman–Crippen LogP) is 3.97. The number of carbonyl (C=O) groups excluding carboxylic acids is 3. The molecule has 0 saturated carbocycles. The molecular weight excluding hydrogens is 710 g/mol. The van der Waals surface area contributed by atoms with Crippen LogP contribution in [0.3, 0.4) is 0 Å². The molecular formula is C40H40F2N8O5. The van der Waals surface area contributed by atoms with Crippen molar-refractivity contribution in [3.8, 4) is 22.8 Å². The summed E-state index contributed by atoms with van der Waals surface area (Å²) < 4.78 is 34.6. The fourth-order valence-electron chi connectivity index (χ4n) is 8.57. The van der Waals surface area contributed by atoms with Crippen molar-refractivity contribution in [3.63, 3.8) is 0 Å². The summed E-state index contributed by atoms with van der Waals surface area (Å²) in [5, 5.41) is 24.3. The number of benzene rings is 3. The molecule has 0 spiro atoms. The second-order valence-corrected chi connectivity index (χ2v) is 15.0. The van der Waals surface area contributed by atoms with Gasteiger partial charge >= 0.3 is 0 Å². The Morgan fingerprint density at radius 2 is 1.78 bits per heavy atom. The van der Waals surface area contributed by atoms with Gasteiger partial charge in [-0.25, -0.2) is 8.78 Å². The SMILES string of the molecule is Cc1cc(CN2CCN(c3ccc4c(c3)C(=O)N(C3CCC(=O)NC3=O)C4)CC2)ccc1O[C@@H]1C[C@@H]2CNc3nnc(-c4cc(F)cc(F)c4O)cc3N2C1. The van der Waals surface area contributed by atoms with Gasteiger partial charge in [0.25, 0.3) is 5.91 Å². The highest BCUT2D eigenvalue weighted by Gasteiger charge is 2.40. The van der Waals surface area contributed by atoms with Crippen LogP contribution in [0.2, 0.25) is 0 Å². The molecule has 13 nitrogen and oxygen atoms in total. The number of carbonyl (C=O) groups is 3. The monoisotopic (exact) mass is 750 g/mol. The number of halogens is 2. The molecule has 0 aliphatic carbocycles. The fourth-order valence-corrected chi connectivity index (χ4v) is 8.57. The van der Waals surface area contributed by atoms with Gasteiger partial charge in [-0.05, 0) is 60.4 Å². The first-order chi connectivity index (χ1) is 26.6. The molecule has 5 aliphatic heterocycles. The Labute approximate surface area is 315 Å². The van der Waals surface area contributed by atoms with E-state index >= 15 is 0 Å². The molecule has 3 aromatic carbocycles. The zero-order valence-electron chi connectivity index (χ0n) is 30.2. The number of nitrogens with one attached hydrogen (secondary N) is 2. The molecule has 3 amide bonds. The molecule has 55 heavy (non-hydrogen) atoms. The van der Waals surface area contributed by atoms with Gasteiger partial charge in [0.05, 0.1) is 24.0 Å². The largest absolute Gasteiger partial charge is 0.504 e. The highest BCUT2D eigenvalue weighted by Crippen LogP contribution is 2.40. The lowest BCUT2D eigenvalue weighted by atomic mass is 10.0. The van der Waals surface area contributed by atoms with Crippen LogP contribution in [0.15, 0.2) is 54.6 Å². The Balaban J connectivity index is 0.800. The van der Waals surface area contributed by atoms with Gasteiger partial charge in [0.15, 0.2) is 17.4 Å². The van der Waals surface area contributed by atoms with Crippen LogP contribution in [0.1, 0.15) is 46.3 Å². The average molecular weight is 751 g/mol. The molecule has 15 heteroatoms. The minimum Gasteiger partial charge on any atom is -0.504 e. The number of ether oxygens (including phenoxy) is 1. The Morgan fingerprint density at radius 3 is 2.58 bits per heavy atom. The first-order valence-electron chi connectivity index (χ1n) is 18.7. The lowest BCUT2D eigenvalue weighted by Crippen LogP contribution is -2.52. The lowest BCUT2D eigenvalue weighted by molar-refractivity contribution is -0.136. The van der Waals surface area contributed by atoms with E-state index in [0.717, 1.165) is 73.5 Å². The van der Waals surface area contributed by atoms with Crippen molar-refractivity contribution in [1.29, 1.82) is 0 Å². The molecule has 0 radical (unpaired) electrons. The normalized spacial score (nSPS) is 22.3. The van der Waals surface area contributed by atoms with Crippen molar-refractivity contribution in [2.24, 2.45) is 0 Å². The first-order valence-corrected chi connectivity index (χ1v) is 18.7. The van der Waals surface area contributed by atoms with Crippen LogP contribution in [0.4, 0.5) is 26.0 Å². The number of hydrogen-bond acceptors (Lipinski definition) is 11. The number of amides is 3. The number of hydrogen-bond donors (Lipinski definition) is 3. The summed E-state index contributed by atoms with van der Waals surface area (Å²) in [6, 6.07) is 15.2. The van der Waals surface area contributed by atoms with Crippen molar-refractivity contribution >= 4 is 34.9 Å². The highest BCUT2D eigenvalue weighted by atomic mass is 19.1. The van der Waals surface area contributed by atoms with Gasteiger partial charge in [-0.3, -0.25) is 24.6 Å². The van der Waals surface area contributed by atoms with Crippen LogP contribution < -0.4 is 25.2 Å². The number of fused-ring (bicyclic) bond motifs is 4. The molecule has 3 saturated heterocycles. The van der Waals surface area contributed by atoms with E-state index in [4.69, 9.17) is 4.74 Å². The number of piperidine rings is 1. The number of aryl methyl sites for hydroxylation is 1. The number of aromatic nitrogens is 2. The van der Waals surface area contributed by atoms with Crippen LogP contribution in [-0.4, -0.2) is 100 Å². The lowest BCUT2D eigenvalue weighted by Gasteiger charge is -2.36. The smallest absolute Gasteiger partial charge is 0.255 e. The van der Waals surface area contributed by atoms with E-state index in [0.29, 0.717) is 43.5 Å². The zero-order valence-corrected chi connectivity index (χ0v) is 30.2. The number of phenolic OH excluding ortho intramolecular Hbond substituents is 1. The van der Waals surface area contributed by atoms with Crippen LogP contribution in [0.5, 0.6) is 11.5 Å². The van der Waals surface area contributed by atoms with Gasteiger partial charge in [0.2, 0.25) is 11.8 Å². The van der Waals surface area contributed by atoms with E-state index in [-0.39, 0.29) is 41.6 Å². The van der Waals surface area contributed by atoms with Crippen molar-refractivity contribution in [2.45, 2.75) is 57.5 Å². The third-order valence-electron chi connectivity index (χ3n) is 11.5. The summed E-state index contributed by atoms with van der Waals surface area (Å²) in [6.07, 6.45) is 1.25. The van der Waals surface area contributed by atoms with E-state index < -0.39 is 29.3 Å². The second-order valence-electron chi connectivity index (χ2n) is 15.0. The molecule has 1 aromatic heterocycles. The number of nitrogens with zero attached hydrogens (tertiary/aromatic N) is 6. The Hall–Kier alpha value is -5.83. The topological polar surface area (TPSA) is 143 Å². The van der Waals surface area contributed by atoms with E-state index in [1.807, 2.05) is 18.2 Å². The third-order valence-corrected chi connectivity index (χ3v) is 11.5. The first kappa shape index (κ1) is 34.9. The molecule has 5 aliphatic rings. The average Bonchev–Trinajstić information content (AvgIpc) is 3.74. The maximum atomic E-state index is 14.1. The van der Waals surface area contributed by atoms with Crippen molar-refractivity contribution < 1.29 is 33.0 Å². The number of phenols is 1. The van der Waals surface area contributed by atoms with Crippen LogP contribution in [0, 0.1) is 18.6 Å². The Kier molecular flexibility index (Phi) is 8.75. The predicted molar refractivity (Wildman–Crippen MR) is 199 cm³/mol. The molecule has 3 fully saturated rings. The van der Waals surface area contributed by atoms with Crippen molar-refractivity contribution in [3.05, 3.63) is 88.5 Å². The Morgan fingerprint density at radius 1 is 0.945 bits per heavy atom. The van der Waals surface area contributed by atoms with Crippen LogP contribution in [0.25, 0.3) is 11.3 Å². The molecule has 3 atom stereocenters. The minimum atomic E-state index is -1.06.